The van der Waals surface area contributed by atoms with E-state index >= 15 is 0 Å². The molecule has 0 saturated heterocycles. The number of rotatable bonds is 10. The number of thioether (sulfide) groups is 1. The number of aromatic nitrogens is 3. The topological polar surface area (TPSA) is 115 Å². The van der Waals surface area contributed by atoms with Gasteiger partial charge in [-0.3, -0.25) is 14.2 Å². The molecule has 9 nitrogen and oxygen atoms in total. The Bertz CT molecular complexity index is 1530. The summed E-state index contributed by atoms with van der Waals surface area (Å²) in [5.41, 5.74) is 2.26. The van der Waals surface area contributed by atoms with Crippen LogP contribution >= 0.6 is 50.4 Å². The number of carbonyl (C=O) groups excluding carboxylic acids is 3. The number of nitrogens with one attached hydrogen (secondary N) is 2. The van der Waals surface area contributed by atoms with Crippen LogP contribution in [0, 0.1) is 0 Å². The zero-order valence-corrected chi connectivity index (χ0v) is 25.8. The maximum atomic E-state index is 13.3. The van der Waals surface area contributed by atoms with Crippen molar-refractivity contribution in [1.29, 1.82) is 0 Å². The minimum atomic E-state index is -0.557. The Morgan fingerprint density at radius 2 is 1.98 bits per heavy atom. The molecule has 0 aliphatic heterocycles. The van der Waals surface area contributed by atoms with Crippen LogP contribution in [0.25, 0.3) is 5.69 Å². The van der Waals surface area contributed by atoms with Gasteiger partial charge in [0.1, 0.15) is 5.00 Å². The van der Waals surface area contributed by atoms with Crippen LogP contribution in [0.15, 0.2) is 51.4 Å². The number of fused-ring (bicyclic) bond motifs is 1. The van der Waals surface area contributed by atoms with Gasteiger partial charge in [0.05, 0.1) is 28.8 Å². The van der Waals surface area contributed by atoms with Crippen molar-refractivity contribution in [1.82, 2.24) is 20.1 Å². The van der Waals surface area contributed by atoms with Crippen molar-refractivity contribution in [3.8, 4) is 5.69 Å². The first-order chi connectivity index (χ1) is 19.4. The second-order valence-electron chi connectivity index (χ2n) is 8.90. The molecular formula is C27H26BrN5O4S3. The van der Waals surface area contributed by atoms with Crippen molar-refractivity contribution in [2.24, 2.45) is 0 Å². The second-order valence-corrected chi connectivity index (χ2v) is 13.2. The molecule has 3 aromatic heterocycles. The predicted molar refractivity (Wildman–Crippen MR) is 161 cm³/mol. The summed E-state index contributed by atoms with van der Waals surface area (Å²) in [6.45, 7) is 3.98. The molecule has 0 spiro atoms. The maximum absolute atomic E-state index is 13.3. The van der Waals surface area contributed by atoms with Crippen LogP contribution in [0.3, 0.4) is 0 Å². The predicted octanol–water partition coefficient (Wildman–Crippen LogP) is 5.87. The van der Waals surface area contributed by atoms with E-state index in [2.05, 4.69) is 36.8 Å². The van der Waals surface area contributed by atoms with E-state index in [4.69, 9.17) is 4.74 Å². The molecule has 0 unspecified atom stereocenters. The number of amides is 2. The number of halogens is 1. The third kappa shape index (κ3) is 6.17. The fourth-order valence-electron chi connectivity index (χ4n) is 4.33. The number of ether oxygens (including phenoxy) is 1. The fraction of sp³-hybridized carbons (Fsp3) is 0.296. The van der Waals surface area contributed by atoms with Gasteiger partial charge in [0, 0.05) is 15.0 Å². The van der Waals surface area contributed by atoms with E-state index in [1.165, 1.54) is 34.4 Å². The van der Waals surface area contributed by atoms with Gasteiger partial charge in [0.2, 0.25) is 5.91 Å². The molecule has 0 saturated carbocycles. The van der Waals surface area contributed by atoms with Gasteiger partial charge in [-0.05, 0) is 74.4 Å². The summed E-state index contributed by atoms with van der Waals surface area (Å²) in [5.74, 6) is -0.320. The van der Waals surface area contributed by atoms with E-state index in [9.17, 15) is 14.4 Å². The van der Waals surface area contributed by atoms with Crippen LogP contribution in [0.2, 0.25) is 0 Å². The number of esters is 1. The van der Waals surface area contributed by atoms with Gasteiger partial charge in [-0.1, -0.05) is 33.8 Å². The minimum Gasteiger partial charge on any atom is -0.462 e. The van der Waals surface area contributed by atoms with E-state index in [0.717, 1.165) is 39.9 Å². The SMILES string of the molecule is CCOC(=O)c1c(NC(=O)[C@H](C)Sc2nnc(CNC(=O)c3cccs3)n2-c2ccc(Br)cc2)sc2c1CCC2. The quantitative estimate of drug-likeness (QED) is 0.162. The number of thiophene rings is 2. The molecule has 1 atom stereocenters. The molecule has 1 aliphatic rings. The molecule has 0 bridgehead atoms. The van der Waals surface area contributed by atoms with Gasteiger partial charge in [0.25, 0.3) is 5.91 Å². The summed E-state index contributed by atoms with van der Waals surface area (Å²) in [4.78, 5) is 40.3. The van der Waals surface area contributed by atoms with Crippen LogP contribution in [0.5, 0.6) is 0 Å². The number of hydrogen-bond donors (Lipinski definition) is 2. The molecule has 40 heavy (non-hydrogen) atoms. The first kappa shape index (κ1) is 28.5. The Morgan fingerprint density at radius 1 is 1.18 bits per heavy atom. The highest BCUT2D eigenvalue weighted by atomic mass is 79.9. The maximum Gasteiger partial charge on any atom is 0.341 e. The molecule has 0 radical (unpaired) electrons. The second kappa shape index (κ2) is 12.7. The number of hydrogen-bond acceptors (Lipinski definition) is 9. The zero-order chi connectivity index (χ0) is 28.2. The lowest BCUT2D eigenvalue weighted by Crippen LogP contribution is -2.25. The zero-order valence-electron chi connectivity index (χ0n) is 21.7. The third-order valence-electron chi connectivity index (χ3n) is 6.23. The van der Waals surface area contributed by atoms with Crippen LogP contribution in [-0.4, -0.2) is 44.4 Å². The van der Waals surface area contributed by atoms with E-state index in [-0.39, 0.29) is 25.0 Å². The van der Waals surface area contributed by atoms with E-state index < -0.39 is 11.2 Å². The highest BCUT2D eigenvalue weighted by Crippen LogP contribution is 2.40. The first-order valence-corrected chi connectivity index (χ1v) is 16.0. The Balaban J connectivity index is 1.36. The smallest absolute Gasteiger partial charge is 0.341 e. The lowest BCUT2D eigenvalue weighted by Gasteiger charge is -2.14. The lowest BCUT2D eigenvalue weighted by molar-refractivity contribution is -0.115. The van der Waals surface area contributed by atoms with Gasteiger partial charge < -0.3 is 15.4 Å². The molecule has 1 aromatic carbocycles. The van der Waals surface area contributed by atoms with Crippen molar-refractivity contribution >= 4 is 73.2 Å². The molecule has 13 heteroatoms. The minimum absolute atomic E-state index is 0.157. The standard InChI is InChI=1S/C27H26BrN5O4S3/c1-3-37-26(36)22-18-6-4-7-19(18)40-25(22)30-23(34)15(2)39-27-32-31-21(14-29-24(35)20-8-5-13-38-20)33(27)17-11-9-16(28)10-12-17/h5,8-13,15H,3-4,6-7,14H2,1-2H3,(H,29,35)(H,30,34)/t15-/m0/s1. The van der Waals surface area contributed by atoms with Crippen molar-refractivity contribution in [3.05, 3.63) is 73.0 Å². The van der Waals surface area contributed by atoms with Crippen molar-refractivity contribution in [2.75, 3.05) is 11.9 Å². The highest BCUT2D eigenvalue weighted by molar-refractivity contribution is 9.10. The monoisotopic (exact) mass is 659 g/mol. The van der Waals surface area contributed by atoms with Gasteiger partial charge in [-0.25, -0.2) is 4.79 Å². The first-order valence-electron chi connectivity index (χ1n) is 12.7. The summed E-state index contributed by atoms with van der Waals surface area (Å²) in [6, 6.07) is 11.2. The van der Waals surface area contributed by atoms with E-state index in [1.54, 1.807) is 19.9 Å². The van der Waals surface area contributed by atoms with Crippen LogP contribution < -0.4 is 10.6 Å². The molecular weight excluding hydrogens is 634 g/mol. The number of carbonyl (C=O) groups is 3. The number of nitrogens with zero attached hydrogens (tertiary/aromatic N) is 3. The Morgan fingerprint density at radius 3 is 2.70 bits per heavy atom. The Hall–Kier alpha value is -3.00. The lowest BCUT2D eigenvalue weighted by atomic mass is 10.1. The van der Waals surface area contributed by atoms with Crippen molar-refractivity contribution in [2.45, 2.75) is 50.1 Å². The average Bonchev–Trinajstić information content (AvgIpc) is 3.73. The number of benzene rings is 1. The van der Waals surface area contributed by atoms with Crippen molar-refractivity contribution in [3.63, 3.8) is 0 Å². The number of anilines is 1. The fourth-order valence-corrected chi connectivity index (χ4v) is 7.40. The Kier molecular flexibility index (Phi) is 9.03. The van der Waals surface area contributed by atoms with Gasteiger partial charge >= 0.3 is 5.97 Å². The van der Waals surface area contributed by atoms with Gasteiger partial charge in [-0.15, -0.1) is 32.9 Å². The summed E-state index contributed by atoms with van der Waals surface area (Å²) < 4.78 is 8.03. The number of aryl methyl sites for hydroxylation is 1. The van der Waals surface area contributed by atoms with E-state index in [0.29, 0.717) is 26.4 Å². The largest absolute Gasteiger partial charge is 0.462 e. The molecule has 0 fully saturated rings. The molecule has 208 valence electrons. The van der Waals surface area contributed by atoms with Gasteiger partial charge in [-0.2, -0.15) is 0 Å². The summed E-state index contributed by atoms with van der Waals surface area (Å²) in [7, 11) is 0. The molecule has 1 aliphatic carbocycles. The summed E-state index contributed by atoms with van der Waals surface area (Å²) in [5, 5.41) is 16.9. The van der Waals surface area contributed by atoms with E-state index in [1.807, 2.05) is 40.3 Å². The van der Waals surface area contributed by atoms with Gasteiger partial charge in [0.15, 0.2) is 11.0 Å². The van der Waals surface area contributed by atoms with Crippen LogP contribution in [0.4, 0.5) is 5.00 Å². The summed E-state index contributed by atoms with van der Waals surface area (Å²) >= 11 is 7.52. The van der Waals surface area contributed by atoms with Crippen molar-refractivity contribution < 1.29 is 19.1 Å². The molecule has 3 heterocycles. The highest BCUT2D eigenvalue weighted by Gasteiger charge is 2.30. The average molecular weight is 661 g/mol. The molecule has 2 N–H and O–H groups in total. The molecule has 5 rings (SSSR count). The summed E-state index contributed by atoms with van der Waals surface area (Å²) in [6.07, 6.45) is 2.70. The molecule has 4 aromatic rings. The molecule has 2 amide bonds. The third-order valence-corrected chi connectivity index (χ3v) is 9.87. The Labute approximate surface area is 251 Å². The normalized spacial score (nSPS) is 13.1. The van der Waals surface area contributed by atoms with Crippen LogP contribution in [0.1, 0.15) is 56.6 Å². The van der Waals surface area contributed by atoms with Crippen LogP contribution in [-0.2, 0) is 28.9 Å².